The number of rotatable bonds is 6. The molecule has 1 aliphatic rings. The van der Waals surface area contributed by atoms with Gasteiger partial charge in [-0.2, -0.15) is 0 Å². The first kappa shape index (κ1) is 18.6. The first-order valence-electron chi connectivity index (χ1n) is 9.55. The zero-order valence-corrected chi connectivity index (χ0v) is 15.6. The molecule has 1 aliphatic heterocycles. The van der Waals surface area contributed by atoms with Gasteiger partial charge in [-0.05, 0) is 56.8 Å². The van der Waals surface area contributed by atoms with Crippen LogP contribution in [0, 0.1) is 11.8 Å². The van der Waals surface area contributed by atoms with Crippen molar-refractivity contribution in [1.29, 1.82) is 0 Å². The zero-order chi connectivity index (χ0) is 18.5. The summed E-state index contributed by atoms with van der Waals surface area (Å²) in [6.07, 6.45) is 2.91. The molecule has 0 bridgehead atoms. The molecule has 2 heterocycles. The molecule has 2 unspecified atom stereocenters. The van der Waals surface area contributed by atoms with E-state index in [0.29, 0.717) is 48.1 Å². The van der Waals surface area contributed by atoms with Crippen molar-refractivity contribution in [2.45, 2.75) is 39.7 Å². The Bertz CT molecular complexity index is 811. The van der Waals surface area contributed by atoms with Gasteiger partial charge in [-0.3, -0.25) is 9.59 Å². The molecule has 1 aromatic carbocycles. The minimum Gasteiger partial charge on any atom is -0.335 e. The molecule has 3 rings (SSSR count). The molecule has 26 heavy (non-hydrogen) atoms. The van der Waals surface area contributed by atoms with Crippen LogP contribution < -0.4 is 10.9 Å². The fourth-order valence-corrected chi connectivity index (χ4v) is 3.70. The second kappa shape index (κ2) is 8.45. The number of amides is 1. The fourth-order valence-electron chi connectivity index (χ4n) is 3.70. The smallest absolute Gasteiger partial charge is 0.258 e. The third-order valence-electron chi connectivity index (χ3n) is 5.37. The number of aromatic amines is 1. The summed E-state index contributed by atoms with van der Waals surface area (Å²) < 4.78 is 0. The maximum Gasteiger partial charge on any atom is 0.258 e. The van der Waals surface area contributed by atoms with Gasteiger partial charge in [0.1, 0.15) is 5.82 Å². The van der Waals surface area contributed by atoms with Crippen molar-refractivity contribution in [1.82, 2.24) is 20.2 Å². The normalized spacial score (nSPS) is 18.6. The summed E-state index contributed by atoms with van der Waals surface area (Å²) in [5.74, 6) is 1.58. The highest BCUT2D eigenvalue weighted by atomic mass is 16.2. The second-order valence-electron chi connectivity index (χ2n) is 7.23. The number of piperidine rings is 1. The molecule has 140 valence electrons. The van der Waals surface area contributed by atoms with Gasteiger partial charge >= 0.3 is 0 Å². The fraction of sp³-hybridized carbons (Fsp3) is 0.550. The average molecular weight is 356 g/mol. The molecule has 2 N–H and O–H groups in total. The Morgan fingerprint density at radius 3 is 2.92 bits per heavy atom. The lowest BCUT2D eigenvalue weighted by atomic mass is 9.85. The van der Waals surface area contributed by atoms with E-state index in [4.69, 9.17) is 0 Å². The van der Waals surface area contributed by atoms with Crippen molar-refractivity contribution in [2.24, 2.45) is 11.8 Å². The summed E-state index contributed by atoms with van der Waals surface area (Å²) in [5, 5.41) is 3.99. The molecule has 0 radical (unpaired) electrons. The third-order valence-corrected chi connectivity index (χ3v) is 5.37. The number of nitrogens with zero attached hydrogens (tertiary/aromatic N) is 2. The molecule has 1 aromatic heterocycles. The summed E-state index contributed by atoms with van der Waals surface area (Å²) in [6.45, 7) is 7.15. The van der Waals surface area contributed by atoms with Crippen LogP contribution in [0.3, 0.4) is 0 Å². The van der Waals surface area contributed by atoms with E-state index in [1.807, 2.05) is 25.1 Å². The van der Waals surface area contributed by atoms with Crippen LogP contribution in [0.25, 0.3) is 10.9 Å². The molecule has 0 aliphatic carbocycles. The molecule has 0 saturated carbocycles. The van der Waals surface area contributed by atoms with E-state index in [0.717, 1.165) is 13.1 Å². The van der Waals surface area contributed by atoms with Gasteiger partial charge in [0.25, 0.3) is 5.56 Å². The lowest BCUT2D eigenvalue weighted by Crippen LogP contribution is -2.37. The van der Waals surface area contributed by atoms with Gasteiger partial charge in [0, 0.05) is 13.0 Å². The summed E-state index contributed by atoms with van der Waals surface area (Å²) in [6, 6.07) is 7.27. The van der Waals surface area contributed by atoms with Gasteiger partial charge in [0.15, 0.2) is 0 Å². The van der Waals surface area contributed by atoms with E-state index in [9.17, 15) is 9.59 Å². The van der Waals surface area contributed by atoms with Crippen LogP contribution in [0.4, 0.5) is 0 Å². The Kier molecular flexibility index (Phi) is 6.04. The minimum atomic E-state index is -0.157. The van der Waals surface area contributed by atoms with Crippen molar-refractivity contribution in [3.05, 3.63) is 40.4 Å². The predicted molar refractivity (Wildman–Crippen MR) is 103 cm³/mol. The topological polar surface area (TPSA) is 78.1 Å². The molecular weight excluding hydrogens is 328 g/mol. The monoisotopic (exact) mass is 356 g/mol. The Morgan fingerprint density at radius 1 is 1.38 bits per heavy atom. The van der Waals surface area contributed by atoms with Gasteiger partial charge in [-0.25, -0.2) is 4.98 Å². The van der Waals surface area contributed by atoms with Gasteiger partial charge in [-0.1, -0.05) is 19.1 Å². The summed E-state index contributed by atoms with van der Waals surface area (Å²) in [4.78, 5) is 34.1. The van der Waals surface area contributed by atoms with Crippen molar-refractivity contribution in [3.8, 4) is 0 Å². The van der Waals surface area contributed by atoms with Crippen LogP contribution in [0.1, 0.15) is 38.9 Å². The number of carbonyl (C=O) groups is 1. The molecule has 0 spiro atoms. The van der Waals surface area contributed by atoms with E-state index in [-0.39, 0.29) is 11.5 Å². The van der Waals surface area contributed by atoms with Gasteiger partial charge < -0.3 is 15.2 Å². The highest BCUT2D eigenvalue weighted by Crippen LogP contribution is 2.23. The van der Waals surface area contributed by atoms with Crippen molar-refractivity contribution >= 4 is 16.8 Å². The maximum atomic E-state index is 12.8. The summed E-state index contributed by atoms with van der Waals surface area (Å²) >= 11 is 0. The Labute approximate surface area is 154 Å². The average Bonchev–Trinajstić information content (AvgIpc) is 2.66. The summed E-state index contributed by atoms with van der Waals surface area (Å²) in [5.41, 5.74) is 0.507. The molecule has 2 atom stereocenters. The maximum absolute atomic E-state index is 12.8. The zero-order valence-electron chi connectivity index (χ0n) is 15.6. The number of aromatic nitrogens is 2. The molecule has 1 fully saturated rings. The second-order valence-corrected chi connectivity index (χ2v) is 7.23. The molecule has 1 amide bonds. The first-order chi connectivity index (χ1) is 12.6. The molecule has 2 aromatic rings. The van der Waals surface area contributed by atoms with Gasteiger partial charge in [0.2, 0.25) is 5.91 Å². The lowest BCUT2D eigenvalue weighted by molar-refractivity contribution is -0.133. The SMILES string of the molecule is CCN(Cc1nc2ccccc2c(=O)[nH]1)C(=O)CC(C)C1CCCNC1. The molecule has 6 nitrogen and oxygen atoms in total. The summed E-state index contributed by atoms with van der Waals surface area (Å²) in [7, 11) is 0. The number of hydrogen-bond acceptors (Lipinski definition) is 4. The number of para-hydroxylation sites is 1. The van der Waals surface area contributed by atoms with Crippen LogP contribution in [0.2, 0.25) is 0 Å². The van der Waals surface area contributed by atoms with Crippen LogP contribution in [-0.4, -0.2) is 40.4 Å². The molecule has 1 saturated heterocycles. The van der Waals surface area contributed by atoms with Crippen LogP contribution in [0.15, 0.2) is 29.1 Å². The third kappa shape index (κ3) is 4.30. The van der Waals surface area contributed by atoms with Crippen molar-refractivity contribution < 1.29 is 4.79 Å². The van der Waals surface area contributed by atoms with Crippen LogP contribution >= 0.6 is 0 Å². The number of H-pyrrole nitrogens is 1. The number of benzene rings is 1. The molecule has 6 heteroatoms. The Balaban J connectivity index is 1.68. The first-order valence-corrected chi connectivity index (χ1v) is 9.55. The van der Waals surface area contributed by atoms with E-state index in [2.05, 4.69) is 22.2 Å². The highest BCUT2D eigenvalue weighted by molar-refractivity contribution is 5.78. The van der Waals surface area contributed by atoms with Crippen LogP contribution in [0.5, 0.6) is 0 Å². The number of nitrogens with one attached hydrogen (secondary N) is 2. The Hall–Kier alpha value is -2.21. The highest BCUT2D eigenvalue weighted by Gasteiger charge is 2.24. The number of carbonyl (C=O) groups excluding carboxylic acids is 1. The van der Waals surface area contributed by atoms with Crippen LogP contribution in [-0.2, 0) is 11.3 Å². The number of hydrogen-bond donors (Lipinski definition) is 2. The lowest BCUT2D eigenvalue weighted by Gasteiger charge is -2.29. The van der Waals surface area contributed by atoms with Crippen molar-refractivity contribution in [2.75, 3.05) is 19.6 Å². The molecular formula is C20H28N4O2. The number of fused-ring (bicyclic) bond motifs is 1. The predicted octanol–water partition coefficient (Wildman–Crippen LogP) is 2.30. The van der Waals surface area contributed by atoms with Crippen molar-refractivity contribution in [3.63, 3.8) is 0 Å². The largest absolute Gasteiger partial charge is 0.335 e. The van der Waals surface area contributed by atoms with Gasteiger partial charge in [-0.15, -0.1) is 0 Å². The van der Waals surface area contributed by atoms with E-state index in [1.165, 1.54) is 12.8 Å². The van der Waals surface area contributed by atoms with E-state index < -0.39 is 0 Å². The Morgan fingerprint density at radius 2 is 2.19 bits per heavy atom. The standard InChI is InChI=1S/C20H28N4O2/c1-3-24(19(25)11-14(2)15-7-6-10-21-12-15)13-18-22-17-9-5-4-8-16(17)20(26)23-18/h4-5,8-9,14-15,21H,3,6-7,10-13H2,1-2H3,(H,22,23,26). The van der Waals surface area contributed by atoms with E-state index in [1.54, 1.807) is 11.0 Å². The minimum absolute atomic E-state index is 0.126. The van der Waals surface area contributed by atoms with E-state index >= 15 is 0 Å². The van der Waals surface area contributed by atoms with Gasteiger partial charge in [0.05, 0.1) is 17.4 Å². The quantitative estimate of drug-likeness (QED) is 0.832.